The van der Waals surface area contributed by atoms with Crippen LogP contribution in [0.3, 0.4) is 0 Å². The van der Waals surface area contributed by atoms with Crippen LogP contribution >= 0.6 is 0 Å². The van der Waals surface area contributed by atoms with Crippen LogP contribution < -0.4 is 0 Å². The Labute approximate surface area is 230 Å². The molecule has 0 unspecified atom stereocenters. The normalized spacial score (nSPS) is 34.8. The number of hydrogen-bond donors (Lipinski definition) is 1. The van der Waals surface area contributed by atoms with Crippen LogP contribution in [-0.2, 0) is 28.6 Å². The topological polar surface area (TPSA) is 116 Å². The molecule has 0 aromatic heterocycles. The molecular weight excluding hydrogens is 500 g/mol. The highest BCUT2D eigenvalue weighted by Crippen LogP contribution is 2.48. The lowest BCUT2D eigenvalue weighted by atomic mass is 9.75. The van der Waals surface area contributed by atoms with Crippen molar-refractivity contribution in [3.05, 3.63) is 59.7 Å². The van der Waals surface area contributed by atoms with Crippen LogP contribution in [0.2, 0.25) is 0 Å². The zero-order valence-corrected chi connectivity index (χ0v) is 23.8. The van der Waals surface area contributed by atoms with E-state index in [1.54, 1.807) is 69.3 Å². The number of hydrogen-bond acceptors (Lipinski definition) is 8. The predicted molar refractivity (Wildman–Crippen MR) is 144 cm³/mol. The Balaban J connectivity index is 2.17. The van der Waals surface area contributed by atoms with Crippen LogP contribution in [0.5, 0.6) is 0 Å². The van der Waals surface area contributed by atoms with Crippen molar-refractivity contribution >= 4 is 23.7 Å². The molecule has 0 bridgehead atoms. The Kier molecular flexibility index (Phi) is 9.21. The first-order valence-corrected chi connectivity index (χ1v) is 13.4. The lowest BCUT2D eigenvalue weighted by Crippen LogP contribution is -2.52. The summed E-state index contributed by atoms with van der Waals surface area (Å²) in [4.78, 5) is 50.6. The van der Waals surface area contributed by atoms with E-state index < -0.39 is 59.1 Å². The van der Waals surface area contributed by atoms with E-state index in [1.165, 1.54) is 13.8 Å². The van der Waals surface area contributed by atoms with Gasteiger partial charge in [-0.15, -0.1) is 0 Å². The fourth-order valence-corrected chi connectivity index (χ4v) is 5.65. The molecule has 0 heterocycles. The molecule has 1 fully saturated rings. The van der Waals surface area contributed by atoms with Crippen molar-refractivity contribution in [1.29, 1.82) is 0 Å². The van der Waals surface area contributed by atoms with E-state index in [0.717, 1.165) is 0 Å². The fourth-order valence-electron chi connectivity index (χ4n) is 5.65. The van der Waals surface area contributed by atoms with E-state index in [1.807, 2.05) is 13.8 Å². The van der Waals surface area contributed by atoms with E-state index in [-0.39, 0.29) is 24.5 Å². The minimum absolute atomic E-state index is 0.0593. The quantitative estimate of drug-likeness (QED) is 0.335. The standard InChI is InChI=1S/C31H40O8/c1-18-13-14-30(6,7)26(34)16-25(37-21(4)32)19(2)15-24-27(39-29(35)23-11-9-8-10-12-23)20(3)17-31(24,36)28(18)38-22(5)33/h8-15,18,20,24-25,27-28,36H,16-17H2,1-7H3/b14-13-,19-15-/t18-,20-,24+,25-,27+,28-,31-/m1/s1. The molecule has 8 nitrogen and oxygen atoms in total. The molecule has 212 valence electrons. The van der Waals surface area contributed by atoms with Crippen molar-refractivity contribution in [3.63, 3.8) is 0 Å². The molecule has 0 spiro atoms. The minimum atomic E-state index is -1.62. The van der Waals surface area contributed by atoms with E-state index in [4.69, 9.17) is 14.2 Å². The summed E-state index contributed by atoms with van der Waals surface area (Å²) in [5.74, 6) is -3.39. The number of allylic oxidation sites excluding steroid dienone is 1. The Hall–Kier alpha value is -3.26. The van der Waals surface area contributed by atoms with Crippen LogP contribution in [0.4, 0.5) is 0 Å². The van der Waals surface area contributed by atoms with Crippen LogP contribution in [-0.4, -0.2) is 52.7 Å². The lowest BCUT2D eigenvalue weighted by Gasteiger charge is -2.40. The maximum atomic E-state index is 13.3. The first-order valence-electron chi connectivity index (χ1n) is 13.4. The van der Waals surface area contributed by atoms with Gasteiger partial charge in [-0.25, -0.2) is 4.79 Å². The van der Waals surface area contributed by atoms with E-state index in [9.17, 15) is 24.3 Å². The van der Waals surface area contributed by atoms with Gasteiger partial charge in [-0.3, -0.25) is 14.4 Å². The number of Topliss-reactive ketones (excluding diaryl/α,β-unsaturated/α-hetero) is 1. The van der Waals surface area contributed by atoms with Crippen LogP contribution in [0.15, 0.2) is 54.1 Å². The molecule has 0 radical (unpaired) electrons. The highest BCUT2D eigenvalue weighted by molar-refractivity contribution is 5.89. The van der Waals surface area contributed by atoms with Gasteiger partial charge >= 0.3 is 17.9 Å². The minimum Gasteiger partial charge on any atom is -0.459 e. The molecule has 1 aromatic carbocycles. The van der Waals surface area contributed by atoms with Gasteiger partial charge in [0.1, 0.15) is 29.7 Å². The molecule has 7 atom stereocenters. The number of ketones is 1. The second-order valence-electron chi connectivity index (χ2n) is 11.5. The average Bonchev–Trinajstić information content (AvgIpc) is 3.09. The van der Waals surface area contributed by atoms with Crippen LogP contribution in [0.25, 0.3) is 0 Å². The summed E-state index contributed by atoms with van der Waals surface area (Å²) < 4.78 is 17.3. The highest BCUT2D eigenvalue weighted by Gasteiger charge is 2.58. The molecule has 0 saturated heterocycles. The third kappa shape index (κ3) is 6.85. The number of esters is 3. The number of carbonyl (C=O) groups excluding carboxylic acids is 4. The molecule has 2 aliphatic rings. The Morgan fingerprint density at radius 2 is 1.59 bits per heavy atom. The molecule has 1 N–H and O–H groups in total. The first-order chi connectivity index (χ1) is 18.2. The van der Waals surface area contributed by atoms with Crippen molar-refractivity contribution in [2.45, 2.75) is 85.2 Å². The van der Waals surface area contributed by atoms with Crippen LogP contribution in [0, 0.1) is 23.2 Å². The zero-order chi connectivity index (χ0) is 29.1. The summed E-state index contributed by atoms with van der Waals surface area (Å²) in [6.45, 7) is 11.5. The molecule has 2 aliphatic carbocycles. The monoisotopic (exact) mass is 540 g/mol. The second kappa shape index (κ2) is 11.9. The largest absolute Gasteiger partial charge is 0.459 e. The van der Waals surface area contributed by atoms with Crippen molar-refractivity contribution < 1.29 is 38.5 Å². The summed E-state index contributed by atoms with van der Waals surface area (Å²) in [5.41, 5.74) is -1.61. The Morgan fingerprint density at radius 3 is 2.18 bits per heavy atom. The zero-order valence-electron chi connectivity index (χ0n) is 23.8. The van der Waals surface area contributed by atoms with Crippen molar-refractivity contribution in [3.8, 4) is 0 Å². The van der Waals surface area contributed by atoms with Gasteiger partial charge in [-0.2, -0.15) is 0 Å². The van der Waals surface area contributed by atoms with Crippen molar-refractivity contribution in [2.75, 3.05) is 0 Å². The number of rotatable bonds is 4. The summed E-state index contributed by atoms with van der Waals surface area (Å²) in [6.07, 6.45) is 2.70. The summed E-state index contributed by atoms with van der Waals surface area (Å²) >= 11 is 0. The van der Waals surface area contributed by atoms with Gasteiger partial charge in [0, 0.05) is 37.5 Å². The van der Waals surface area contributed by atoms with Gasteiger partial charge in [0.2, 0.25) is 0 Å². The van der Waals surface area contributed by atoms with Gasteiger partial charge in [0.25, 0.3) is 0 Å². The summed E-state index contributed by atoms with van der Waals surface area (Å²) in [6, 6.07) is 8.56. The van der Waals surface area contributed by atoms with E-state index in [2.05, 4.69) is 0 Å². The molecule has 3 rings (SSSR count). The molecule has 1 saturated carbocycles. The number of carbonyl (C=O) groups is 4. The lowest BCUT2D eigenvalue weighted by molar-refractivity contribution is -0.173. The van der Waals surface area contributed by atoms with E-state index >= 15 is 0 Å². The maximum Gasteiger partial charge on any atom is 0.338 e. The van der Waals surface area contributed by atoms with Crippen LogP contribution in [0.1, 0.15) is 71.7 Å². The number of benzene rings is 1. The third-order valence-electron chi connectivity index (χ3n) is 7.82. The highest BCUT2D eigenvalue weighted by atomic mass is 16.6. The second-order valence-corrected chi connectivity index (χ2v) is 11.5. The molecule has 0 amide bonds. The first kappa shape index (κ1) is 30.3. The average molecular weight is 541 g/mol. The third-order valence-corrected chi connectivity index (χ3v) is 7.82. The summed E-state index contributed by atoms with van der Waals surface area (Å²) in [7, 11) is 0. The van der Waals surface area contributed by atoms with Gasteiger partial charge in [0.15, 0.2) is 0 Å². The van der Waals surface area contributed by atoms with Crippen molar-refractivity contribution in [2.24, 2.45) is 23.2 Å². The Bertz CT molecular complexity index is 1150. The molecule has 0 aliphatic heterocycles. The van der Waals surface area contributed by atoms with Gasteiger partial charge < -0.3 is 19.3 Å². The Morgan fingerprint density at radius 1 is 0.974 bits per heavy atom. The van der Waals surface area contributed by atoms with Gasteiger partial charge in [-0.1, -0.05) is 50.3 Å². The fraction of sp³-hybridized carbons (Fsp3) is 0.548. The number of fused-ring (bicyclic) bond motifs is 1. The molecule has 1 aromatic rings. The van der Waals surface area contributed by atoms with Crippen molar-refractivity contribution in [1.82, 2.24) is 0 Å². The maximum absolute atomic E-state index is 13.3. The van der Waals surface area contributed by atoms with Gasteiger partial charge in [0.05, 0.1) is 5.56 Å². The van der Waals surface area contributed by atoms with Gasteiger partial charge in [-0.05, 0) is 50.8 Å². The number of ether oxygens (including phenoxy) is 3. The SMILES string of the molecule is CC(=O)O[C@@H]1[C@H](C)/C=C\C(C)(C)C(=O)C[C@@H](OC(C)=O)/C(C)=C\[C@H]2[C@@H](OC(=O)c3ccccc3)[C@H](C)C[C@]12O. The van der Waals surface area contributed by atoms with E-state index in [0.29, 0.717) is 11.1 Å². The molecule has 8 heteroatoms. The smallest absolute Gasteiger partial charge is 0.338 e. The predicted octanol–water partition coefficient (Wildman–Crippen LogP) is 4.60. The molecular formula is C31H40O8. The summed E-state index contributed by atoms with van der Waals surface area (Å²) in [5, 5.41) is 12.3. The molecule has 39 heavy (non-hydrogen) atoms. The number of aliphatic hydroxyl groups is 1.